The molecule has 17 nitrogen and oxygen atoms in total. The van der Waals surface area contributed by atoms with Gasteiger partial charge >= 0.3 is 17.9 Å². The van der Waals surface area contributed by atoms with E-state index in [-0.39, 0.29) is 19.2 Å². The second-order valence-corrected chi connectivity index (χ2v) is 8.96. The largest absolute Gasteiger partial charge is 0.481 e. The highest BCUT2D eigenvalue weighted by molar-refractivity contribution is 8.26. The summed E-state index contributed by atoms with van der Waals surface area (Å²) in [6.07, 6.45) is 5.91. The Labute approximate surface area is 246 Å². The topological polar surface area (TPSA) is 316 Å². The van der Waals surface area contributed by atoms with E-state index in [1.54, 1.807) is 33.2 Å². The van der Waals surface area contributed by atoms with Crippen LogP contribution in [0.25, 0.3) is 0 Å². The van der Waals surface area contributed by atoms with Crippen molar-refractivity contribution in [3.05, 3.63) is 47.6 Å². The molecule has 0 amide bonds. The van der Waals surface area contributed by atoms with Crippen molar-refractivity contribution >= 4 is 60.8 Å². The van der Waals surface area contributed by atoms with Gasteiger partial charge in [-0.05, 0) is 20.8 Å². The number of carboxylic acid groups (broad SMARTS) is 4. The van der Waals surface area contributed by atoms with Crippen molar-refractivity contribution in [2.75, 3.05) is 6.61 Å². The number of rotatable bonds is 6. The zero-order valence-corrected chi connectivity index (χ0v) is 24.8. The molecule has 2 aromatic rings. The third-order valence-corrected chi connectivity index (χ3v) is 2.86. The number of hydrogen-bond acceptors (Lipinski definition) is 13. The van der Waals surface area contributed by atoms with Gasteiger partial charge in [0.1, 0.15) is 18.1 Å². The first-order valence-electron chi connectivity index (χ1n) is 10.4. The molecule has 2 rings (SSSR count). The van der Waals surface area contributed by atoms with E-state index in [9.17, 15) is 19.2 Å². The quantitative estimate of drug-likeness (QED) is 0.133. The zero-order chi connectivity index (χ0) is 32.3. The number of aliphatic hydroxyl groups is 1. The molecule has 0 saturated heterocycles. The number of aliphatic carboxylic acids is 4. The summed E-state index contributed by atoms with van der Waals surface area (Å²) in [5.74, 6) is -3.06. The summed E-state index contributed by atoms with van der Waals surface area (Å²) in [6, 6.07) is -0.530. The maximum absolute atomic E-state index is 10.3. The third kappa shape index (κ3) is 46.5. The van der Waals surface area contributed by atoms with Crippen LogP contribution in [-0.2, 0) is 28.4 Å². The zero-order valence-electron chi connectivity index (χ0n) is 22.5. The van der Waals surface area contributed by atoms with Crippen LogP contribution in [0.2, 0.25) is 0 Å². The molecule has 10 N–H and O–H groups in total. The fourth-order valence-electron chi connectivity index (χ4n) is 1.49. The normalized spacial score (nSPS) is 9.20. The predicted molar refractivity (Wildman–Crippen MR) is 149 cm³/mol. The van der Waals surface area contributed by atoms with E-state index < -0.39 is 45.6 Å². The van der Waals surface area contributed by atoms with Crippen LogP contribution in [0.4, 0.5) is 0 Å². The van der Waals surface area contributed by atoms with Crippen molar-refractivity contribution in [2.45, 2.75) is 46.6 Å². The number of aliphatic hydroxyl groups excluding tert-OH is 1. The number of carboxylic acids is 4. The van der Waals surface area contributed by atoms with Crippen molar-refractivity contribution in [3.63, 3.8) is 0 Å². The molecular formula is C21H34Cl2N6O11S. The van der Waals surface area contributed by atoms with Crippen LogP contribution in [0, 0.1) is 13.8 Å². The Morgan fingerprint density at radius 2 is 1.20 bits per heavy atom. The van der Waals surface area contributed by atoms with E-state index in [4.69, 9.17) is 40.3 Å². The van der Waals surface area contributed by atoms with Gasteiger partial charge in [0, 0.05) is 71.3 Å². The van der Waals surface area contributed by atoms with Crippen LogP contribution in [0.5, 0.6) is 0 Å². The van der Waals surface area contributed by atoms with Crippen LogP contribution < -0.4 is 11.9 Å². The summed E-state index contributed by atoms with van der Waals surface area (Å²) in [5.41, 5.74) is 6.75. The van der Waals surface area contributed by atoms with Gasteiger partial charge in [0.25, 0.3) is 5.97 Å². The van der Waals surface area contributed by atoms with Gasteiger partial charge in [-0.1, -0.05) is 0 Å². The van der Waals surface area contributed by atoms with Crippen molar-refractivity contribution in [2.24, 2.45) is 5.73 Å². The Bertz CT molecular complexity index is 1000. The molecule has 0 aromatic carbocycles. The average molecular weight is 650 g/mol. The molecule has 2 aromatic heterocycles. The Morgan fingerprint density at radius 1 is 0.902 bits per heavy atom. The minimum Gasteiger partial charge on any atom is -0.481 e. The first-order valence-corrected chi connectivity index (χ1v) is 13.2. The highest BCUT2D eigenvalue weighted by Gasteiger charge is 2.10. The van der Waals surface area contributed by atoms with Crippen molar-refractivity contribution in [1.29, 1.82) is 0 Å². The molecule has 0 radical (unpaired) electrons. The van der Waals surface area contributed by atoms with Crippen LogP contribution in [0.1, 0.15) is 60.3 Å². The molecule has 41 heavy (non-hydrogen) atoms. The number of carbonyl (C=O) groups excluding carboxylic acids is 1. The first kappa shape index (κ1) is 47.1. The molecule has 1 atom stereocenters. The van der Waals surface area contributed by atoms with Crippen molar-refractivity contribution in [1.82, 2.24) is 26.1 Å². The Morgan fingerprint density at radius 3 is 1.41 bits per heavy atom. The molecule has 0 fully saturated rings. The lowest BCUT2D eigenvalue weighted by atomic mass is 10.1. The smallest absolute Gasteiger partial charge is 0.314 e. The fraction of sp³-hybridized carbons (Fsp3) is 0.381. The Balaban J connectivity index is -0.000000136. The van der Waals surface area contributed by atoms with Crippen molar-refractivity contribution in [3.8, 4) is 0 Å². The minimum absolute atomic E-state index is 0. The summed E-state index contributed by atoms with van der Waals surface area (Å²) in [5, 5.41) is 38.9. The summed E-state index contributed by atoms with van der Waals surface area (Å²) in [6.45, 7) is 6.54. The molecule has 0 saturated carbocycles. The summed E-state index contributed by atoms with van der Waals surface area (Å²) < 4.78 is 9.09. The molecule has 0 aliphatic heterocycles. The molecule has 0 spiro atoms. The van der Waals surface area contributed by atoms with Gasteiger partial charge in [-0.3, -0.25) is 24.0 Å². The SMILES string of the molecule is CC(=O)O.CCO.Cc1ncc(C(N)CC(=O)O)cn1.Cc1ncc(C=O)cn1.N.O=C(O)CC(=O)O.O=S(Cl)Cl. The number of hydrogen-bond donors (Lipinski definition) is 7. The van der Waals surface area contributed by atoms with Gasteiger partial charge in [-0.15, -0.1) is 0 Å². The molecule has 234 valence electrons. The fourth-order valence-corrected chi connectivity index (χ4v) is 1.49. The number of nitrogens with two attached hydrogens (primary N) is 1. The monoisotopic (exact) mass is 648 g/mol. The van der Waals surface area contributed by atoms with Crippen LogP contribution in [0.3, 0.4) is 0 Å². The lowest BCUT2D eigenvalue weighted by Crippen LogP contribution is -2.15. The second kappa shape index (κ2) is 30.9. The lowest BCUT2D eigenvalue weighted by molar-refractivity contribution is -0.147. The van der Waals surface area contributed by atoms with Gasteiger partial charge in [0.2, 0.25) is 9.23 Å². The minimum atomic E-state index is -1.67. The maximum Gasteiger partial charge on any atom is 0.314 e. The molecular weight excluding hydrogens is 615 g/mol. The second-order valence-electron chi connectivity index (χ2n) is 6.43. The molecule has 0 bridgehead atoms. The van der Waals surface area contributed by atoms with Crippen LogP contribution in [0.15, 0.2) is 24.8 Å². The first-order chi connectivity index (χ1) is 18.4. The number of aryl methyl sites for hydroxylation is 2. The Kier molecular flexibility index (Phi) is 35.5. The third-order valence-electron chi connectivity index (χ3n) is 2.86. The van der Waals surface area contributed by atoms with Gasteiger partial charge < -0.3 is 37.4 Å². The van der Waals surface area contributed by atoms with E-state index in [1.807, 2.05) is 0 Å². The number of aldehydes is 1. The Hall–Kier alpha value is -3.68. The molecule has 20 heteroatoms. The van der Waals surface area contributed by atoms with E-state index in [0.717, 1.165) is 13.2 Å². The van der Waals surface area contributed by atoms with E-state index in [1.165, 1.54) is 12.4 Å². The summed E-state index contributed by atoms with van der Waals surface area (Å²) >= 11 is 0. The van der Waals surface area contributed by atoms with E-state index in [2.05, 4.69) is 41.3 Å². The van der Waals surface area contributed by atoms with E-state index in [0.29, 0.717) is 22.8 Å². The maximum atomic E-state index is 10.3. The van der Waals surface area contributed by atoms with Gasteiger partial charge in [0.15, 0.2) is 6.29 Å². The van der Waals surface area contributed by atoms with Crippen LogP contribution in [-0.4, -0.2) is 86.4 Å². The van der Waals surface area contributed by atoms with Gasteiger partial charge in [0.05, 0.1) is 12.0 Å². The van der Waals surface area contributed by atoms with E-state index >= 15 is 0 Å². The molecule has 1 unspecified atom stereocenters. The number of halogens is 2. The molecule has 0 aliphatic carbocycles. The highest BCUT2D eigenvalue weighted by Crippen LogP contribution is 2.11. The lowest BCUT2D eigenvalue weighted by Gasteiger charge is -2.07. The summed E-state index contributed by atoms with van der Waals surface area (Å²) in [4.78, 5) is 63.7. The van der Waals surface area contributed by atoms with Crippen molar-refractivity contribution < 1.29 is 53.7 Å². The van der Waals surface area contributed by atoms with Gasteiger partial charge in [-0.25, -0.2) is 24.1 Å². The van der Waals surface area contributed by atoms with Gasteiger partial charge in [-0.2, -0.15) is 0 Å². The highest BCUT2D eigenvalue weighted by atomic mass is 36.0. The average Bonchev–Trinajstić information content (AvgIpc) is 2.79. The number of aromatic nitrogens is 4. The molecule has 0 aliphatic rings. The summed E-state index contributed by atoms with van der Waals surface area (Å²) in [7, 11) is 7.36. The number of nitrogens with zero attached hydrogens (tertiary/aromatic N) is 4. The number of carbonyl (C=O) groups is 5. The van der Waals surface area contributed by atoms with Crippen LogP contribution >= 0.6 is 21.4 Å². The predicted octanol–water partition coefficient (Wildman–Crippen LogP) is 1.70. The standard InChI is InChI=1S/C8H11N3O2.C6H6N2O.C3H4O4.C2H4O2.C2H6O.Cl2OS.H3N/c1-5-10-3-6(4-11-5)7(9)2-8(12)13;1-5-7-2-6(4-9)3-8-5;4-2(5)1-3(6)7;1-2(3)4;1-2-3;1-4(2)3;/h3-4,7H,2,9H2,1H3,(H,12,13);2-4H,1H3;1H2,(H,4,5)(H,6,7);1H3,(H,3,4);3H,2H2,1H3;;1H3. The molecule has 2 heterocycles.